The maximum absolute atomic E-state index is 12.2. The van der Waals surface area contributed by atoms with E-state index in [0.29, 0.717) is 18.7 Å². The Bertz CT molecular complexity index is 974. The van der Waals surface area contributed by atoms with Crippen LogP contribution in [0, 0.1) is 0 Å². The maximum atomic E-state index is 12.2. The average Bonchev–Trinajstić information content (AvgIpc) is 3.08. The van der Waals surface area contributed by atoms with Crippen LogP contribution in [0.15, 0.2) is 51.6 Å². The van der Waals surface area contributed by atoms with Crippen molar-refractivity contribution in [3.05, 3.63) is 68.9 Å². The molecule has 0 saturated carbocycles. The molecule has 0 aliphatic carbocycles. The van der Waals surface area contributed by atoms with Gasteiger partial charge in [-0.1, -0.05) is 24.3 Å². The van der Waals surface area contributed by atoms with Crippen LogP contribution in [0.2, 0.25) is 0 Å². The minimum Gasteiger partial charge on any atom is -0.494 e. The Morgan fingerprint density at radius 2 is 2.19 bits per heavy atom. The van der Waals surface area contributed by atoms with Gasteiger partial charge in [0, 0.05) is 18.5 Å². The first-order valence-electron chi connectivity index (χ1n) is 8.28. The summed E-state index contributed by atoms with van der Waals surface area (Å²) in [7, 11) is 0. The molecule has 1 aliphatic heterocycles. The van der Waals surface area contributed by atoms with Crippen molar-refractivity contribution in [2.75, 3.05) is 6.61 Å². The largest absolute Gasteiger partial charge is 0.494 e. The third-order valence-corrected chi connectivity index (χ3v) is 4.12. The molecule has 0 amide bonds. The minimum absolute atomic E-state index is 0.0182. The summed E-state index contributed by atoms with van der Waals surface area (Å²) in [5.74, 6) is 0.316. The molecule has 0 radical (unpaired) electrons. The molecule has 3 N–H and O–H groups in total. The molecule has 0 saturated heterocycles. The first-order chi connectivity index (χ1) is 12.6. The number of para-hydroxylation sites is 1. The molecule has 1 unspecified atom stereocenters. The molecule has 2 heterocycles. The number of allylic oxidation sites excluding steroid dienone is 1. The molecule has 8 heteroatoms. The topological polar surface area (TPSA) is 109 Å². The van der Waals surface area contributed by atoms with E-state index in [2.05, 4.69) is 22.1 Å². The van der Waals surface area contributed by atoms with E-state index < -0.39 is 17.1 Å². The van der Waals surface area contributed by atoms with Crippen molar-refractivity contribution in [1.82, 2.24) is 15.0 Å². The molecule has 0 spiro atoms. The average molecular weight is 356 g/mol. The van der Waals surface area contributed by atoms with Gasteiger partial charge >= 0.3 is 5.69 Å². The molecule has 0 fully saturated rings. The Morgan fingerprint density at radius 3 is 2.92 bits per heavy atom. The molecule has 8 nitrogen and oxygen atoms in total. The highest BCUT2D eigenvalue weighted by atomic mass is 16.5. The minimum atomic E-state index is -0.694. The van der Waals surface area contributed by atoms with Crippen molar-refractivity contribution in [3.8, 4) is 11.6 Å². The van der Waals surface area contributed by atoms with Crippen LogP contribution >= 0.6 is 0 Å². The van der Waals surface area contributed by atoms with E-state index >= 15 is 0 Å². The molecule has 2 aromatic rings. The Morgan fingerprint density at radius 1 is 1.42 bits per heavy atom. The number of hydrogen-bond acceptors (Lipinski definition) is 6. The molecule has 1 atom stereocenters. The van der Waals surface area contributed by atoms with Crippen LogP contribution in [0.4, 0.5) is 0 Å². The summed E-state index contributed by atoms with van der Waals surface area (Å²) in [5, 5.41) is 14.6. The molecule has 3 rings (SSSR count). The van der Waals surface area contributed by atoms with Crippen LogP contribution in [-0.2, 0) is 6.54 Å². The predicted molar refractivity (Wildman–Crippen MR) is 97.8 cm³/mol. The second kappa shape index (κ2) is 7.30. The van der Waals surface area contributed by atoms with Crippen LogP contribution in [0.3, 0.4) is 0 Å². The number of benzene rings is 1. The van der Waals surface area contributed by atoms with E-state index in [1.807, 2.05) is 31.2 Å². The number of ether oxygens (including phenoxy) is 1. The first-order valence-corrected chi connectivity index (χ1v) is 8.28. The fourth-order valence-electron chi connectivity index (χ4n) is 2.95. The van der Waals surface area contributed by atoms with Crippen LogP contribution in [0.5, 0.6) is 11.6 Å². The quantitative estimate of drug-likeness (QED) is 0.675. The van der Waals surface area contributed by atoms with Gasteiger partial charge in [0.15, 0.2) is 0 Å². The second-order valence-electron chi connectivity index (χ2n) is 5.77. The lowest BCUT2D eigenvalue weighted by Crippen LogP contribution is -2.33. The van der Waals surface area contributed by atoms with Crippen LogP contribution in [0.1, 0.15) is 30.5 Å². The summed E-state index contributed by atoms with van der Waals surface area (Å²) in [6.45, 7) is 6.06. The van der Waals surface area contributed by atoms with Gasteiger partial charge in [0.2, 0.25) is 5.88 Å². The number of aromatic nitrogens is 2. The van der Waals surface area contributed by atoms with E-state index in [1.165, 1.54) is 6.08 Å². The maximum Gasteiger partial charge on any atom is 0.331 e. The van der Waals surface area contributed by atoms with Gasteiger partial charge in [-0.2, -0.15) is 5.10 Å². The fraction of sp³-hybridized carbons (Fsp3) is 0.278. The number of hydrogen-bond donors (Lipinski definition) is 3. The molecule has 26 heavy (non-hydrogen) atoms. The molecular formula is C18H20N4O4. The normalized spacial score (nSPS) is 16.0. The zero-order chi connectivity index (χ0) is 18.7. The van der Waals surface area contributed by atoms with Crippen molar-refractivity contribution in [1.29, 1.82) is 0 Å². The van der Waals surface area contributed by atoms with E-state index in [-0.39, 0.29) is 18.2 Å². The first kappa shape index (κ1) is 17.5. The van der Waals surface area contributed by atoms with Crippen molar-refractivity contribution in [3.63, 3.8) is 0 Å². The third-order valence-electron chi connectivity index (χ3n) is 4.12. The van der Waals surface area contributed by atoms with E-state index in [4.69, 9.17) is 4.74 Å². The van der Waals surface area contributed by atoms with Gasteiger partial charge in [-0.3, -0.25) is 14.3 Å². The number of hydrazone groups is 1. The summed E-state index contributed by atoms with van der Waals surface area (Å²) in [6, 6.07) is 7.36. The Kier molecular flexibility index (Phi) is 4.92. The Balaban J connectivity index is 1.95. The van der Waals surface area contributed by atoms with Gasteiger partial charge in [-0.05, 0) is 13.0 Å². The monoisotopic (exact) mass is 356 g/mol. The SMILES string of the molecule is C=CCn1c(O)c(C2=NNC(c3ccccc3OCC)C2)c(=O)[nH]c1=O. The molecular weight excluding hydrogens is 336 g/mol. The zero-order valence-corrected chi connectivity index (χ0v) is 14.4. The number of rotatable bonds is 6. The van der Waals surface area contributed by atoms with Gasteiger partial charge in [-0.25, -0.2) is 4.79 Å². The Labute approximate surface area is 149 Å². The smallest absolute Gasteiger partial charge is 0.331 e. The van der Waals surface area contributed by atoms with Gasteiger partial charge in [0.25, 0.3) is 5.56 Å². The molecule has 136 valence electrons. The fourth-order valence-corrected chi connectivity index (χ4v) is 2.95. The van der Waals surface area contributed by atoms with Crippen LogP contribution in [-0.4, -0.2) is 27.0 Å². The lowest BCUT2D eigenvalue weighted by atomic mass is 9.99. The van der Waals surface area contributed by atoms with Crippen LogP contribution in [0.25, 0.3) is 0 Å². The van der Waals surface area contributed by atoms with Gasteiger partial charge in [0.05, 0.1) is 18.4 Å². The highest BCUT2D eigenvalue weighted by molar-refractivity contribution is 6.03. The standard InChI is InChI=1S/C18H20N4O4/c1-3-9-22-17(24)15(16(23)19-18(22)25)13-10-12(20-21-13)11-7-5-6-8-14(11)26-4-2/h3,5-8,12,20,24H,1,4,9-10H2,2H3,(H,19,23,25). The summed E-state index contributed by atoms with van der Waals surface area (Å²) in [4.78, 5) is 26.3. The lowest BCUT2D eigenvalue weighted by Gasteiger charge is -2.15. The highest BCUT2D eigenvalue weighted by Crippen LogP contribution is 2.31. The van der Waals surface area contributed by atoms with Crippen molar-refractivity contribution >= 4 is 5.71 Å². The number of aromatic hydroxyl groups is 1. The number of aromatic amines is 1. The van der Waals surface area contributed by atoms with Crippen molar-refractivity contribution in [2.24, 2.45) is 5.10 Å². The Hall–Kier alpha value is -3.29. The predicted octanol–water partition coefficient (Wildman–Crippen LogP) is 1.27. The second-order valence-corrected chi connectivity index (χ2v) is 5.77. The summed E-state index contributed by atoms with van der Waals surface area (Å²) >= 11 is 0. The van der Waals surface area contributed by atoms with Crippen molar-refractivity contribution < 1.29 is 9.84 Å². The van der Waals surface area contributed by atoms with Gasteiger partial charge < -0.3 is 15.3 Å². The summed E-state index contributed by atoms with van der Waals surface area (Å²) < 4.78 is 6.68. The summed E-state index contributed by atoms with van der Waals surface area (Å²) in [6.07, 6.45) is 1.83. The summed E-state index contributed by atoms with van der Waals surface area (Å²) in [5.41, 5.74) is 2.87. The molecule has 0 bridgehead atoms. The van der Waals surface area contributed by atoms with Gasteiger partial charge in [-0.15, -0.1) is 6.58 Å². The van der Waals surface area contributed by atoms with Crippen LogP contribution < -0.4 is 21.4 Å². The highest BCUT2D eigenvalue weighted by Gasteiger charge is 2.28. The van der Waals surface area contributed by atoms with E-state index in [9.17, 15) is 14.7 Å². The lowest BCUT2D eigenvalue weighted by molar-refractivity contribution is 0.332. The molecule has 1 aliphatic rings. The van der Waals surface area contributed by atoms with E-state index in [1.54, 1.807) is 0 Å². The number of nitrogens with one attached hydrogen (secondary N) is 2. The van der Waals surface area contributed by atoms with Crippen molar-refractivity contribution in [2.45, 2.75) is 25.9 Å². The molecule has 1 aromatic heterocycles. The van der Waals surface area contributed by atoms with Gasteiger partial charge in [0.1, 0.15) is 11.3 Å². The number of H-pyrrole nitrogens is 1. The van der Waals surface area contributed by atoms with E-state index in [0.717, 1.165) is 15.9 Å². The molecule has 1 aromatic carbocycles. The third kappa shape index (κ3) is 3.13. The number of nitrogens with zero attached hydrogens (tertiary/aromatic N) is 2. The zero-order valence-electron chi connectivity index (χ0n) is 14.4.